The molecule has 0 amide bonds. The van der Waals surface area contributed by atoms with E-state index in [1.165, 1.54) is 6.42 Å². The van der Waals surface area contributed by atoms with Gasteiger partial charge in [-0.25, -0.2) is 0 Å². The topological polar surface area (TPSA) is 34.8 Å². The molecule has 0 radical (unpaired) electrons. The highest BCUT2D eigenvalue weighted by atomic mass is 35.5. The van der Waals surface area contributed by atoms with Crippen LogP contribution in [-0.2, 0) is 11.3 Å². The summed E-state index contributed by atoms with van der Waals surface area (Å²) in [6.07, 6.45) is 3.77. The lowest BCUT2D eigenvalue weighted by atomic mass is 10.1. The van der Waals surface area contributed by atoms with Gasteiger partial charge in [-0.05, 0) is 43.5 Å². The summed E-state index contributed by atoms with van der Waals surface area (Å²) < 4.78 is 17.7. The predicted molar refractivity (Wildman–Crippen MR) is 92.4 cm³/mol. The first-order valence-corrected chi connectivity index (χ1v) is 8.99. The number of rotatable bonds is 5. The van der Waals surface area contributed by atoms with Gasteiger partial charge in [0.05, 0.1) is 11.6 Å². The van der Waals surface area contributed by atoms with E-state index in [2.05, 4.69) is 17.0 Å². The van der Waals surface area contributed by atoms with Gasteiger partial charge in [0.25, 0.3) is 0 Å². The molecule has 0 spiro atoms. The van der Waals surface area contributed by atoms with Crippen molar-refractivity contribution in [1.29, 1.82) is 0 Å². The quantitative estimate of drug-likeness (QED) is 0.801. The Morgan fingerprint density at radius 2 is 2.00 bits per heavy atom. The maximum absolute atomic E-state index is 6.13. The maximum atomic E-state index is 6.13. The van der Waals surface area contributed by atoms with Gasteiger partial charge in [-0.1, -0.05) is 23.7 Å². The van der Waals surface area contributed by atoms with Crippen molar-refractivity contribution in [2.24, 2.45) is 0 Å². The summed E-state index contributed by atoms with van der Waals surface area (Å²) in [4.78, 5) is 2.31. The van der Waals surface area contributed by atoms with Crippen LogP contribution in [0.25, 0.3) is 0 Å². The summed E-state index contributed by atoms with van der Waals surface area (Å²) in [7, 11) is 0. The van der Waals surface area contributed by atoms with Gasteiger partial charge in [-0.2, -0.15) is 0 Å². The molecule has 0 aliphatic carbocycles. The van der Waals surface area contributed by atoms with Gasteiger partial charge >= 0.3 is 0 Å². The number of likely N-dealkylation sites (tertiary alicyclic amines) is 1. The summed E-state index contributed by atoms with van der Waals surface area (Å²) in [5.41, 5.74) is 0. The highest BCUT2D eigenvalue weighted by Gasteiger charge is 2.30. The summed E-state index contributed by atoms with van der Waals surface area (Å²) in [5, 5.41) is 0.666. The molecule has 2 saturated heterocycles. The van der Waals surface area contributed by atoms with Crippen LogP contribution in [0.5, 0.6) is 5.75 Å². The molecule has 4 nitrogen and oxygen atoms in total. The number of nitrogens with zero attached hydrogens (tertiary/aromatic N) is 1. The Bertz CT molecular complexity index is 675. The van der Waals surface area contributed by atoms with Gasteiger partial charge in [-0.3, -0.25) is 4.90 Å². The molecular weight excluding hydrogens is 326 g/mol. The predicted octanol–water partition coefficient (Wildman–Crippen LogP) is 4.44. The second-order valence-corrected chi connectivity index (χ2v) is 6.93. The third kappa shape index (κ3) is 3.61. The van der Waals surface area contributed by atoms with Crippen LogP contribution >= 0.6 is 11.6 Å². The Morgan fingerprint density at radius 1 is 1.12 bits per heavy atom. The average molecular weight is 348 g/mol. The molecule has 24 heavy (non-hydrogen) atoms. The normalized spacial score (nSPS) is 22.3. The highest BCUT2D eigenvalue weighted by Crippen LogP contribution is 2.30. The van der Waals surface area contributed by atoms with E-state index >= 15 is 0 Å². The fourth-order valence-corrected chi connectivity index (χ4v) is 3.46. The fraction of sp³-hybridized carbons (Fsp3) is 0.474. The largest absolute Gasteiger partial charge is 0.486 e. The molecule has 2 aliphatic rings. The van der Waals surface area contributed by atoms with Crippen molar-refractivity contribution >= 4 is 11.6 Å². The third-order valence-corrected chi connectivity index (χ3v) is 4.93. The molecule has 128 valence electrons. The van der Waals surface area contributed by atoms with Crippen molar-refractivity contribution in [3.63, 3.8) is 0 Å². The van der Waals surface area contributed by atoms with Crippen molar-refractivity contribution in [3.8, 4) is 5.75 Å². The van der Waals surface area contributed by atoms with Crippen LogP contribution in [0.3, 0.4) is 0 Å². The first kappa shape index (κ1) is 16.0. The highest BCUT2D eigenvalue weighted by molar-refractivity contribution is 6.32. The van der Waals surface area contributed by atoms with Crippen LogP contribution in [0.2, 0.25) is 5.02 Å². The number of hydrogen-bond acceptors (Lipinski definition) is 4. The van der Waals surface area contributed by atoms with Crippen LogP contribution in [-0.4, -0.2) is 30.7 Å². The van der Waals surface area contributed by atoms with E-state index in [0.717, 1.165) is 56.4 Å². The number of ether oxygens (including phenoxy) is 2. The Labute approximate surface area is 147 Å². The summed E-state index contributed by atoms with van der Waals surface area (Å²) >= 11 is 6.13. The van der Waals surface area contributed by atoms with Crippen molar-refractivity contribution in [2.45, 2.75) is 38.0 Å². The van der Waals surface area contributed by atoms with E-state index < -0.39 is 0 Å². The molecule has 0 saturated carbocycles. The number of furan rings is 1. The molecule has 1 aromatic heterocycles. The molecule has 5 heteroatoms. The van der Waals surface area contributed by atoms with Crippen molar-refractivity contribution < 1.29 is 13.9 Å². The van der Waals surface area contributed by atoms with Gasteiger partial charge in [0.2, 0.25) is 0 Å². The van der Waals surface area contributed by atoms with Crippen LogP contribution in [0, 0.1) is 0 Å². The standard InChI is InChI=1S/C19H22ClNO3/c20-16-5-1-2-6-17(16)24-15-12-21(13-15)11-14-8-9-19(23-14)18-7-3-4-10-22-18/h1-2,5-6,8-9,15,18H,3-4,7,10-13H2/t18-/m1/s1. The first-order valence-electron chi connectivity index (χ1n) is 8.62. The molecule has 4 rings (SSSR count). The molecule has 0 bridgehead atoms. The molecule has 0 unspecified atom stereocenters. The van der Waals surface area contributed by atoms with Crippen molar-refractivity contribution in [3.05, 3.63) is 52.9 Å². The lowest BCUT2D eigenvalue weighted by molar-refractivity contribution is -0.00378. The van der Waals surface area contributed by atoms with Crippen molar-refractivity contribution in [1.82, 2.24) is 4.90 Å². The zero-order valence-electron chi connectivity index (χ0n) is 13.6. The minimum Gasteiger partial charge on any atom is -0.486 e. The van der Waals surface area contributed by atoms with E-state index in [-0.39, 0.29) is 12.2 Å². The molecule has 1 atom stereocenters. The fourth-order valence-electron chi connectivity index (χ4n) is 3.28. The van der Waals surface area contributed by atoms with Crippen LogP contribution in [0.15, 0.2) is 40.8 Å². The number of para-hydroxylation sites is 1. The average Bonchev–Trinajstić information content (AvgIpc) is 3.04. The van der Waals surface area contributed by atoms with Gasteiger partial charge in [0.1, 0.15) is 29.5 Å². The number of hydrogen-bond donors (Lipinski definition) is 0. The lowest BCUT2D eigenvalue weighted by Crippen LogP contribution is -2.53. The molecule has 2 aliphatic heterocycles. The maximum Gasteiger partial charge on any atom is 0.138 e. The van der Waals surface area contributed by atoms with E-state index in [4.69, 9.17) is 25.5 Å². The minimum absolute atomic E-state index is 0.139. The molecule has 3 heterocycles. The molecule has 2 aromatic rings. The number of halogens is 1. The zero-order chi connectivity index (χ0) is 16.4. The summed E-state index contributed by atoms with van der Waals surface area (Å²) in [6.45, 7) is 3.44. The minimum atomic E-state index is 0.139. The number of benzene rings is 1. The lowest BCUT2D eigenvalue weighted by Gasteiger charge is -2.38. The van der Waals surface area contributed by atoms with Crippen LogP contribution < -0.4 is 4.74 Å². The van der Waals surface area contributed by atoms with Crippen molar-refractivity contribution in [2.75, 3.05) is 19.7 Å². The zero-order valence-corrected chi connectivity index (χ0v) is 14.4. The van der Waals surface area contributed by atoms with E-state index in [1.807, 2.05) is 24.3 Å². The summed E-state index contributed by atoms with van der Waals surface area (Å²) in [6, 6.07) is 11.7. The van der Waals surface area contributed by atoms with Gasteiger partial charge in [0, 0.05) is 19.7 Å². The second-order valence-electron chi connectivity index (χ2n) is 6.52. The van der Waals surface area contributed by atoms with Crippen LogP contribution in [0.4, 0.5) is 0 Å². The second kappa shape index (κ2) is 7.18. The molecule has 1 aromatic carbocycles. The van der Waals surface area contributed by atoms with Gasteiger partial charge in [0.15, 0.2) is 0 Å². The smallest absolute Gasteiger partial charge is 0.138 e. The monoisotopic (exact) mass is 347 g/mol. The van der Waals surface area contributed by atoms with E-state index in [9.17, 15) is 0 Å². The van der Waals surface area contributed by atoms with Gasteiger partial charge < -0.3 is 13.9 Å². The van der Waals surface area contributed by atoms with Crippen LogP contribution in [0.1, 0.15) is 36.9 Å². The molecule has 0 N–H and O–H groups in total. The van der Waals surface area contributed by atoms with E-state index in [0.29, 0.717) is 5.02 Å². The Hall–Kier alpha value is -1.49. The first-order chi connectivity index (χ1) is 11.8. The Balaban J connectivity index is 1.26. The van der Waals surface area contributed by atoms with Gasteiger partial charge in [-0.15, -0.1) is 0 Å². The third-order valence-electron chi connectivity index (χ3n) is 4.61. The summed E-state index contributed by atoms with van der Waals surface area (Å²) in [5.74, 6) is 2.73. The molecule has 2 fully saturated rings. The Kier molecular flexibility index (Phi) is 4.79. The Morgan fingerprint density at radius 3 is 2.79 bits per heavy atom. The SMILES string of the molecule is Clc1ccccc1OC1CN(Cc2ccc([C@H]3CCCCO3)o2)C1. The van der Waals surface area contributed by atoms with E-state index in [1.54, 1.807) is 0 Å². The molecular formula is C19H22ClNO3.